The zero-order chi connectivity index (χ0) is 25.3. The second-order valence-electron chi connectivity index (χ2n) is 7.29. The molecule has 0 unspecified atom stereocenters. The lowest BCUT2D eigenvalue weighted by Gasteiger charge is -2.11. The van der Waals surface area contributed by atoms with E-state index in [0.29, 0.717) is 29.2 Å². The number of nitrogens with zero attached hydrogens (tertiary/aromatic N) is 2. The second-order valence-corrected chi connectivity index (χ2v) is 9.54. The molecule has 0 aliphatic heterocycles. The standard InChI is InChI=1S/C26H23N3O5S2/c1-3-33-22-14-17(8-13-21(22)34-25(31)18-9-11-19(32-2)12-10-18)15-27-29-24(30)16-35-26-28-20-6-4-5-7-23(20)36-26/h4-15H,3,16H2,1-2H3,(H,29,30)/b27-15+. The highest BCUT2D eigenvalue weighted by atomic mass is 32.2. The van der Waals surface area contributed by atoms with E-state index in [1.165, 1.54) is 18.0 Å². The van der Waals surface area contributed by atoms with Crippen LogP contribution in [0.1, 0.15) is 22.8 Å². The maximum atomic E-state index is 12.5. The summed E-state index contributed by atoms with van der Waals surface area (Å²) in [6.45, 7) is 2.21. The van der Waals surface area contributed by atoms with Crippen LogP contribution in [-0.2, 0) is 4.79 Å². The molecule has 0 bridgehead atoms. The van der Waals surface area contributed by atoms with E-state index in [9.17, 15) is 9.59 Å². The summed E-state index contributed by atoms with van der Waals surface area (Å²) >= 11 is 2.91. The van der Waals surface area contributed by atoms with E-state index in [2.05, 4.69) is 15.5 Å². The number of hydrogen-bond acceptors (Lipinski definition) is 9. The van der Waals surface area contributed by atoms with Gasteiger partial charge in [-0.3, -0.25) is 4.79 Å². The summed E-state index contributed by atoms with van der Waals surface area (Å²) in [7, 11) is 1.56. The lowest BCUT2D eigenvalue weighted by atomic mass is 10.2. The predicted octanol–water partition coefficient (Wildman–Crippen LogP) is 5.17. The Morgan fingerprint density at radius 3 is 2.64 bits per heavy atom. The maximum Gasteiger partial charge on any atom is 0.343 e. The molecule has 0 aliphatic rings. The number of fused-ring (bicyclic) bond motifs is 1. The van der Waals surface area contributed by atoms with E-state index in [4.69, 9.17) is 14.2 Å². The molecule has 1 N–H and O–H groups in total. The van der Waals surface area contributed by atoms with E-state index in [0.717, 1.165) is 14.6 Å². The number of rotatable bonds is 10. The van der Waals surface area contributed by atoms with Crippen molar-refractivity contribution in [3.63, 3.8) is 0 Å². The second kappa shape index (κ2) is 12.2. The number of esters is 1. The van der Waals surface area contributed by atoms with Crippen molar-refractivity contribution in [3.8, 4) is 17.2 Å². The van der Waals surface area contributed by atoms with Crippen LogP contribution in [0.5, 0.6) is 17.2 Å². The Morgan fingerprint density at radius 1 is 1.08 bits per heavy atom. The van der Waals surface area contributed by atoms with Crippen molar-refractivity contribution in [3.05, 3.63) is 77.9 Å². The van der Waals surface area contributed by atoms with Gasteiger partial charge in [-0.25, -0.2) is 15.2 Å². The molecule has 0 fully saturated rings. The summed E-state index contributed by atoms with van der Waals surface area (Å²) in [5.74, 6) is 0.755. The van der Waals surface area contributed by atoms with E-state index in [1.807, 2.05) is 31.2 Å². The summed E-state index contributed by atoms with van der Waals surface area (Å²) in [5, 5.41) is 4.02. The molecule has 1 aromatic heterocycles. The molecule has 0 saturated carbocycles. The van der Waals surface area contributed by atoms with Crippen molar-refractivity contribution >= 4 is 51.4 Å². The van der Waals surface area contributed by atoms with Gasteiger partial charge in [-0.2, -0.15) is 5.10 Å². The van der Waals surface area contributed by atoms with Crippen molar-refractivity contribution < 1.29 is 23.8 Å². The van der Waals surface area contributed by atoms with E-state index in [-0.39, 0.29) is 17.4 Å². The van der Waals surface area contributed by atoms with Crippen LogP contribution >= 0.6 is 23.1 Å². The van der Waals surface area contributed by atoms with Crippen LogP contribution in [0.2, 0.25) is 0 Å². The molecule has 4 rings (SSSR count). The molecule has 184 valence electrons. The summed E-state index contributed by atoms with van der Waals surface area (Å²) < 4.78 is 18.2. The van der Waals surface area contributed by atoms with Crippen LogP contribution in [0.3, 0.4) is 0 Å². The highest BCUT2D eigenvalue weighted by Crippen LogP contribution is 2.30. The van der Waals surface area contributed by atoms with Gasteiger partial charge in [0, 0.05) is 0 Å². The smallest absolute Gasteiger partial charge is 0.343 e. The number of hydrogen-bond donors (Lipinski definition) is 1. The lowest BCUT2D eigenvalue weighted by molar-refractivity contribution is -0.118. The number of carbonyl (C=O) groups is 2. The normalized spacial score (nSPS) is 10.9. The Hall–Kier alpha value is -3.89. The third kappa shape index (κ3) is 6.61. The van der Waals surface area contributed by atoms with Gasteiger partial charge in [-0.05, 0) is 67.1 Å². The zero-order valence-electron chi connectivity index (χ0n) is 19.6. The molecule has 3 aromatic carbocycles. The first-order valence-electron chi connectivity index (χ1n) is 11.0. The minimum atomic E-state index is -0.516. The van der Waals surface area contributed by atoms with Crippen LogP contribution < -0.4 is 19.6 Å². The molecule has 1 heterocycles. The Kier molecular flexibility index (Phi) is 8.53. The fraction of sp³-hybridized carbons (Fsp3) is 0.154. The quantitative estimate of drug-likeness (QED) is 0.101. The van der Waals surface area contributed by atoms with Gasteiger partial charge in [0.25, 0.3) is 5.91 Å². The first kappa shape index (κ1) is 25.2. The number of carbonyl (C=O) groups excluding carboxylic acids is 2. The number of thiazole rings is 1. The molecule has 1 amide bonds. The molecule has 0 atom stereocenters. The van der Waals surface area contributed by atoms with Gasteiger partial charge in [0.05, 0.1) is 41.5 Å². The first-order chi connectivity index (χ1) is 17.6. The molecule has 36 heavy (non-hydrogen) atoms. The maximum absolute atomic E-state index is 12.5. The summed E-state index contributed by atoms with van der Waals surface area (Å²) in [6, 6.07) is 19.5. The summed E-state index contributed by atoms with van der Waals surface area (Å²) in [6.07, 6.45) is 1.50. The lowest BCUT2D eigenvalue weighted by Crippen LogP contribution is -2.19. The molecule has 0 spiro atoms. The first-order valence-corrected chi connectivity index (χ1v) is 12.8. The number of ether oxygens (including phenoxy) is 3. The molecule has 4 aromatic rings. The number of para-hydroxylation sites is 1. The van der Waals surface area contributed by atoms with Gasteiger partial charge in [-0.15, -0.1) is 11.3 Å². The molecule has 0 radical (unpaired) electrons. The van der Waals surface area contributed by atoms with Gasteiger partial charge in [0.2, 0.25) is 0 Å². The molecular weight excluding hydrogens is 498 g/mol. The van der Waals surface area contributed by atoms with Crippen LogP contribution in [0.4, 0.5) is 0 Å². The third-order valence-corrected chi connectivity index (χ3v) is 6.98. The van der Waals surface area contributed by atoms with Gasteiger partial charge >= 0.3 is 5.97 Å². The largest absolute Gasteiger partial charge is 0.497 e. The van der Waals surface area contributed by atoms with Crippen LogP contribution in [0.25, 0.3) is 10.2 Å². The van der Waals surface area contributed by atoms with Crippen molar-refractivity contribution in [1.82, 2.24) is 10.4 Å². The van der Waals surface area contributed by atoms with Gasteiger partial charge < -0.3 is 14.2 Å². The van der Waals surface area contributed by atoms with Crippen LogP contribution in [-0.4, -0.2) is 42.5 Å². The summed E-state index contributed by atoms with van der Waals surface area (Å²) in [4.78, 5) is 29.2. The number of hydrazone groups is 1. The number of methoxy groups -OCH3 is 1. The highest BCUT2D eigenvalue weighted by molar-refractivity contribution is 8.01. The molecule has 0 aliphatic carbocycles. The Bertz CT molecular complexity index is 1350. The van der Waals surface area contributed by atoms with Gasteiger partial charge in [0.1, 0.15) is 5.75 Å². The molecule has 0 saturated heterocycles. The van der Waals surface area contributed by atoms with Crippen LogP contribution in [0.15, 0.2) is 76.2 Å². The summed E-state index contributed by atoms with van der Waals surface area (Å²) in [5.41, 5.74) is 4.49. The fourth-order valence-electron chi connectivity index (χ4n) is 3.09. The third-order valence-electron chi connectivity index (χ3n) is 4.80. The number of aromatic nitrogens is 1. The topological polar surface area (TPSA) is 99.1 Å². The molecular formula is C26H23N3O5S2. The van der Waals surface area contributed by atoms with Crippen molar-refractivity contribution in [1.29, 1.82) is 0 Å². The van der Waals surface area contributed by atoms with E-state index >= 15 is 0 Å². The predicted molar refractivity (Wildman–Crippen MR) is 142 cm³/mol. The fourth-order valence-corrected chi connectivity index (χ4v) is 4.96. The number of benzene rings is 3. The van der Waals surface area contributed by atoms with E-state index in [1.54, 1.807) is 60.9 Å². The number of nitrogens with one attached hydrogen (secondary N) is 1. The Labute approximate surface area is 216 Å². The molecule has 10 heteroatoms. The highest BCUT2D eigenvalue weighted by Gasteiger charge is 2.14. The molecule has 8 nitrogen and oxygen atoms in total. The monoisotopic (exact) mass is 521 g/mol. The van der Waals surface area contributed by atoms with E-state index < -0.39 is 5.97 Å². The van der Waals surface area contributed by atoms with Crippen molar-refractivity contribution in [2.75, 3.05) is 19.5 Å². The number of amides is 1. The SMILES string of the molecule is CCOc1cc(/C=N/NC(=O)CSc2nc3ccccc3s2)ccc1OC(=O)c1ccc(OC)cc1. The number of thioether (sulfide) groups is 1. The van der Waals surface area contributed by atoms with Gasteiger partial charge in [0.15, 0.2) is 15.8 Å². The van der Waals surface area contributed by atoms with Crippen LogP contribution in [0, 0.1) is 0 Å². The average Bonchev–Trinajstić information content (AvgIpc) is 3.32. The average molecular weight is 522 g/mol. The van der Waals surface area contributed by atoms with Crippen molar-refractivity contribution in [2.24, 2.45) is 5.10 Å². The zero-order valence-corrected chi connectivity index (χ0v) is 21.2. The van der Waals surface area contributed by atoms with Gasteiger partial charge in [-0.1, -0.05) is 23.9 Å². The van der Waals surface area contributed by atoms with Crippen molar-refractivity contribution in [2.45, 2.75) is 11.3 Å². The minimum absolute atomic E-state index is 0.196. The minimum Gasteiger partial charge on any atom is -0.497 e. The Balaban J connectivity index is 1.34. The Morgan fingerprint density at radius 2 is 1.89 bits per heavy atom.